The van der Waals surface area contributed by atoms with E-state index in [2.05, 4.69) is 6.58 Å². The lowest BCUT2D eigenvalue weighted by atomic mass is 10.0. The van der Waals surface area contributed by atoms with Crippen LogP contribution in [0.1, 0.15) is 19.8 Å². The Morgan fingerprint density at radius 2 is 1.88 bits per heavy atom. The molecular weight excluding hydrogens is 255 g/mol. The number of carbonyl (C=O) groups is 3. The minimum Gasteiger partial charge on any atom is -0.462 e. The van der Waals surface area contributed by atoms with E-state index < -0.39 is 22.4 Å². The second kappa shape index (κ2) is 7.41. The molecule has 1 unspecified atom stereocenters. The maximum atomic E-state index is 11.0. The Morgan fingerprint density at radius 1 is 1.31 bits per heavy atom. The van der Waals surface area contributed by atoms with E-state index in [1.165, 1.54) is 6.92 Å². The van der Waals surface area contributed by atoms with Crippen LogP contribution in [0.5, 0.6) is 0 Å². The van der Waals surface area contributed by atoms with Crippen molar-refractivity contribution in [3.05, 3.63) is 12.2 Å². The lowest BCUT2D eigenvalue weighted by Gasteiger charge is -2.10. The second-order valence-corrected chi connectivity index (χ2v) is 4.06. The quantitative estimate of drug-likeness (QED) is 0.402. The Balaban J connectivity index is 4.03. The molecule has 1 atom stereocenters. The molecule has 0 heterocycles. The van der Waals surface area contributed by atoms with Gasteiger partial charge in [-0.2, -0.15) is 0 Å². The lowest BCUT2D eigenvalue weighted by molar-refractivity contribution is -0.139. The van der Waals surface area contributed by atoms with Crippen molar-refractivity contribution in [3.8, 4) is 0 Å². The van der Waals surface area contributed by atoms with E-state index in [0.717, 1.165) is 0 Å². The summed E-state index contributed by atoms with van der Waals surface area (Å²) in [7, 11) is 0. The highest BCUT2D eigenvalue weighted by Crippen LogP contribution is 2.14. The van der Waals surface area contributed by atoms with Crippen LogP contribution in [-0.4, -0.2) is 23.1 Å². The zero-order chi connectivity index (χ0) is 12.7. The van der Waals surface area contributed by atoms with Crippen molar-refractivity contribution in [2.45, 2.75) is 19.8 Å². The van der Waals surface area contributed by atoms with Crippen LogP contribution in [-0.2, 0) is 19.1 Å². The Bertz CT molecular complexity index is 312. The molecule has 0 spiro atoms. The van der Waals surface area contributed by atoms with Crippen LogP contribution in [0.25, 0.3) is 0 Å². The summed E-state index contributed by atoms with van der Waals surface area (Å²) in [5, 5.41) is -1.31. The summed E-state index contributed by atoms with van der Waals surface area (Å²) in [6.45, 7) is 4.90. The van der Waals surface area contributed by atoms with E-state index in [1.54, 1.807) is 0 Å². The third-order valence-corrected chi connectivity index (χ3v) is 2.24. The van der Waals surface area contributed by atoms with Gasteiger partial charge in [0.05, 0.1) is 6.61 Å². The molecule has 0 bridgehead atoms. The summed E-state index contributed by atoms with van der Waals surface area (Å²) in [5.41, 5.74) is 0.266. The van der Waals surface area contributed by atoms with Gasteiger partial charge in [-0.25, -0.2) is 4.79 Å². The fraction of sp³-hybridized carbons (Fsp3) is 0.500. The molecule has 0 fully saturated rings. The number of rotatable bonds is 7. The first-order valence-corrected chi connectivity index (χ1v) is 5.30. The van der Waals surface area contributed by atoms with Crippen LogP contribution in [0.15, 0.2) is 12.2 Å². The van der Waals surface area contributed by atoms with Crippen molar-refractivity contribution < 1.29 is 19.1 Å². The van der Waals surface area contributed by atoms with Crippen LogP contribution in [0, 0.1) is 5.92 Å². The van der Waals surface area contributed by atoms with Gasteiger partial charge >= 0.3 is 5.97 Å². The normalized spacial score (nSPS) is 11.7. The SMILES string of the molecule is C=C(C)C(=O)OCCC(CC(=O)Cl)C(=O)Cl. The maximum Gasteiger partial charge on any atom is 0.333 e. The number of hydrogen-bond donors (Lipinski definition) is 0. The summed E-state index contributed by atoms with van der Waals surface area (Å²) in [4.78, 5) is 32.5. The molecule has 0 amide bonds. The fourth-order valence-electron chi connectivity index (χ4n) is 0.907. The van der Waals surface area contributed by atoms with Gasteiger partial charge < -0.3 is 4.74 Å². The Kier molecular flexibility index (Phi) is 7.01. The molecule has 0 aromatic heterocycles. The number of ether oxygens (including phenoxy) is 1. The van der Waals surface area contributed by atoms with E-state index in [4.69, 9.17) is 27.9 Å². The van der Waals surface area contributed by atoms with Gasteiger partial charge in [-0.15, -0.1) is 0 Å². The number of carbonyl (C=O) groups excluding carboxylic acids is 3. The zero-order valence-electron chi connectivity index (χ0n) is 8.79. The van der Waals surface area contributed by atoms with Crippen molar-refractivity contribution in [2.75, 3.05) is 6.61 Å². The highest BCUT2D eigenvalue weighted by atomic mass is 35.5. The topological polar surface area (TPSA) is 60.4 Å². The van der Waals surface area contributed by atoms with Crippen LogP contribution in [0.2, 0.25) is 0 Å². The maximum absolute atomic E-state index is 11.0. The molecule has 16 heavy (non-hydrogen) atoms. The lowest BCUT2D eigenvalue weighted by Crippen LogP contribution is -2.16. The van der Waals surface area contributed by atoms with Gasteiger partial charge in [0.25, 0.3) is 0 Å². The zero-order valence-corrected chi connectivity index (χ0v) is 10.3. The molecule has 0 aliphatic carbocycles. The van der Waals surface area contributed by atoms with Crippen molar-refractivity contribution in [1.82, 2.24) is 0 Å². The van der Waals surface area contributed by atoms with Gasteiger partial charge in [-0.05, 0) is 36.5 Å². The average Bonchev–Trinajstić information content (AvgIpc) is 2.14. The predicted molar refractivity (Wildman–Crippen MR) is 60.2 cm³/mol. The first-order chi connectivity index (χ1) is 7.34. The smallest absolute Gasteiger partial charge is 0.333 e. The molecule has 4 nitrogen and oxygen atoms in total. The van der Waals surface area contributed by atoms with E-state index in [1.807, 2.05) is 0 Å². The minimum atomic E-state index is -0.718. The van der Waals surface area contributed by atoms with Gasteiger partial charge in [0, 0.05) is 17.9 Å². The minimum absolute atomic E-state index is 0.00100. The van der Waals surface area contributed by atoms with Crippen LogP contribution in [0.4, 0.5) is 0 Å². The standard InChI is InChI=1S/C10H12Cl2O4/c1-6(2)10(15)16-4-3-7(9(12)14)5-8(11)13/h7H,1,3-5H2,2H3. The van der Waals surface area contributed by atoms with E-state index in [-0.39, 0.29) is 25.0 Å². The molecule has 0 aromatic carbocycles. The Labute approximate surface area is 104 Å². The van der Waals surface area contributed by atoms with E-state index in [0.29, 0.717) is 0 Å². The fourth-order valence-corrected chi connectivity index (χ4v) is 1.28. The third kappa shape index (κ3) is 6.58. The molecule has 0 aromatic rings. The number of esters is 1. The summed E-state index contributed by atoms with van der Waals surface area (Å²) < 4.78 is 4.76. The largest absolute Gasteiger partial charge is 0.462 e. The van der Waals surface area contributed by atoms with Gasteiger partial charge in [0.2, 0.25) is 10.5 Å². The van der Waals surface area contributed by atoms with Crippen molar-refractivity contribution in [1.29, 1.82) is 0 Å². The highest BCUT2D eigenvalue weighted by Gasteiger charge is 2.19. The number of halogens is 2. The highest BCUT2D eigenvalue weighted by molar-refractivity contribution is 6.66. The van der Waals surface area contributed by atoms with Crippen LogP contribution < -0.4 is 0 Å². The average molecular weight is 267 g/mol. The molecule has 0 saturated heterocycles. The van der Waals surface area contributed by atoms with Crippen LogP contribution >= 0.6 is 23.2 Å². The molecule has 90 valence electrons. The van der Waals surface area contributed by atoms with Crippen molar-refractivity contribution in [3.63, 3.8) is 0 Å². The summed E-state index contributed by atoms with van der Waals surface area (Å²) in [6, 6.07) is 0. The van der Waals surface area contributed by atoms with Gasteiger partial charge in [0.15, 0.2) is 0 Å². The predicted octanol–water partition coefficient (Wildman–Crippen LogP) is 2.03. The molecule has 0 rings (SSSR count). The first-order valence-electron chi connectivity index (χ1n) is 4.55. The van der Waals surface area contributed by atoms with E-state index >= 15 is 0 Å². The van der Waals surface area contributed by atoms with Crippen LogP contribution in [0.3, 0.4) is 0 Å². The summed E-state index contributed by atoms with van der Waals surface area (Å²) >= 11 is 10.4. The molecular formula is C10H12Cl2O4. The Morgan fingerprint density at radius 3 is 2.25 bits per heavy atom. The molecule has 0 aliphatic rings. The molecule has 0 radical (unpaired) electrons. The number of hydrogen-bond acceptors (Lipinski definition) is 4. The van der Waals surface area contributed by atoms with Gasteiger partial charge in [-0.3, -0.25) is 9.59 Å². The van der Waals surface area contributed by atoms with E-state index in [9.17, 15) is 14.4 Å². The Hall–Kier alpha value is -0.870. The first kappa shape index (κ1) is 15.1. The van der Waals surface area contributed by atoms with Gasteiger partial charge in [-0.1, -0.05) is 6.58 Å². The monoisotopic (exact) mass is 266 g/mol. The molecule has 0 aliphatic heterocycles. The molecule has 6 heteroatoms. The van der Waals surface area contributed by atoms with Gasteiger partial charge in [0.1, 0.15) is 0 Å². The molecule has 0 saturated carbocycles. The second-order valence-electron chi connectivity index (χ2n) is 3.27. The molecule has 0 N–H and O–H groups in total. The summed E-state index contributed by atoms with van der Waals surface area (Å²) in [6.07, 6.45) is 0.00826. The third-order valence-electron chi connectivity index (χ3n) is 1.78. The van der Waals surface area contributed by atoms with Crippen molar-refractivity contribution in [2.24, 2.45) is 5.92 Å². The summed E-state index contributed by atoms with van der Waals surface area (Å²) in [5.74, 6) is -1.26. The van der Waals surface area contributed by atoms with Crippen molar-refractivity contribution >= 4 is 39.7 Å².